The van der Waals surface area contributed by atoms with Crippen molar-refractivity contribution in [1.82, 2.24) is 5.32 Å². The lowest BCUT2D eigenvalue weighted by molar-refractivity contribution is -0.145. The van der Waals surface area contributed by atoms with Gasteiger partial charge in [0.1, 0.15) is 6.04 Å². The molecule has 0 aromatic heterocycles. The van der Waals surface area contributed by atoms with Crippen LogP contribution >= 0.6 is 0 Å². The van der Waals surface area contributed by atoms with E-state index < -0.39 is 17.7 Å². The van der Waals surface area contributed by atoms with Gasteiger partial charge in [0, 0.05) is 6.04 Å². The third kappa shape index (κ3) is 4.08. The van der Waals surface area contributed by atoms with Crippen molar-refractivity contribution in [3.8, 4) is 0 Å². The van der Waals surface area contributed by atoms with Crippen LogP contribution in [0.4, 0.5) is 0 Å². The molecular weight excluding hydrogens is 210 g/mol. The molecule has 0 amide bonds. The van der Waals surface area contributed by atoms with Crippen molar-refractivity contribution >= 4 is 5.97 Å². The fourth-order valence-corrected chi connectivity index (χ4v) is 2.17. The summed E-state index contributed by atoms with van der Waals surface area (Å²) in [6.45, 7) is 3.42. The maximum atomic E-state index is 11.4. The monoisotopic (exact) mass is 231 g/mol. The molecule has 94 valence electrons. The Bertz CT molecular complexity index is 249. The van der Waals surface area contributed by atoms with Crippen molar-refractivity contribution in [1.29, 1.82) is 0 Å². The molecule has 0 aliphatic carbocycles. The van der Waals surface area contributed by atoms with E-state index in [1.54, 1.807) is 13.8 Å². The number of carbonyl (C=O) groups excluding carboxylic acids is 1. The van der Waals surface area contributed by atoms with Crippen molar-refractivity contribution < 1.29 is 19.7 Å². The van der Waals surface area contributed by atoms with Gasteiger partial charge in [-0.05, 0) is 33.1 Å². The summed E-state index contributed by atoms with van der Waals surface area (Å²) in [5, 5.41) is 22.5. The number of hydrogen-bond donors (Lipinski definition) is 3. The number of nitrogens with one attached hydrogen (secondary N) is 1. The normalized spacial score (nSPS) is 31.2. The van der Waals surface area contributed by atoms with E-state index >= 15 is 0 Å². The zero-order chi connectivity index (χ0) is 12.3. The predicted octanol–water partition coefficient (Wildman–Crippen LogP) is -0.198. The van der Waals surface area contributed by atoms with Gasteiger partial charge in [-0.3, -0.25) is 4.79 Å². The molecule has 1 heterocycles. The summed E-state index contributed by atoms with van der Waals surface area (Å²) < 4.78 is 4.64. The number of aliphatic hydroxyl groups is 2. The van der Waals surface area contributed by atoms with Gasteiger partial charge < -0.3 is 20.3 Å². The molecule has 1 fully saturated rings. The van der Waals surface area contributed by atoms with E-state index in [1.165, 1.54) is 7.11 Å². The molecule has 1 aliphatic heterocycles. The smallest absolute Gasteiger partial charge is 0.322 e. The quantitative estimate of drug-likeness (QED) is 0.586. The van der Waals surface area contributed by atoms with E-state index in [0.29, 0.717) is 19.3 Å². The molecule has 0 saturated carbocycles. The van der Waals surface area contributed by atoms with Gasteiger partial charge in [-0.1, -0.05) is 0 Å². The Morgan fingerprint density at radius 1 is 1.50 bits per heavy atom. The first-order valence-corrected chi connectivity index (χ1v) is 5.56. The van der Waals surface area contributed by atoms with Gasteiger partial charge in [0.25, 0.3) is 0 Å². The lowest BCUT2D eigenvalue weighted by atomic mass is 9.89. The molecule has 3 unspecified atom stereocenters. The van der Waals surface area contributed by atoms with Crippen LogP contribution in [0.2, 0.25) is 0 Å². The maximum Gasteiger partial charge on any atom is 0.322 e. The van der Waals surface area contributed by atoms with E-state index in [1.807, 2.05) is 0 Å². The van der Waals surface area contributed by atoms with E-state index in [4.69, 9.17) is 0 Å². The number of aliphatic hydroxyl groups excluding tert-OH is 1. The molecule has 5 heteroatoms. The largest absolute Gasteiger partial charge is 0.468 e. The molecule has 3 atom stereocenters. The number of carbonyl (C=O) groups is 1. The van der Waals surface area contributed by atoms with Gasteiger partial charge in [0.2, 0.25) is 0 Å². The Hall–Kier alpha value is -0.650. The highest BCUT2D eigenvalue weighted by Crippen LogP contribution is 2.21. The minimum Gasteiger partial charge on any atom is -0.468 e. The summed E-state index contributed by atoms with van der Waals surface area (Å²) in [6, 6.07) is -0.533. The van der Waals surface area contributed by atoms with Crippen molar-refractivity contribution in [2.24, 2.45) is 0 Å². The standard InChI is InChI=1S/C11H21NO4/c1-11(2,15)6-7-4-8(13)5-9(12-7)10(14)16-3/h7-9,12-13,15H,4-6H2,1-3H3. The number of methoxy groups -OCH3 is 1. The lowest BCUT2D eigenvalue weighted by Crippen LogP contribution is -2.53. The third-order valence-electron chi connectivity index (χ3n) is 2.73. The molecule has 0 aromatic rings. The van der Waals surface area contributed by atoms with Crippen LogP contribution in [0.15, 0.2) is 0 Å². The van der Waals surface area contributed by atoms with Gasteiger partial charge >= 0.3 is 5.97 Å². The summed E-state index contributed by atoms with van der Waals surface area (Å²) >= 11 is 0. The minimum absolute atomic E-state index is 0.0622. The second-order valence-electron chi connectivity index (χ2n) is 5.08. The molecular formula is C11H21NO4. The van der Waals surface area contributed by atoms with Gasteiger partial charge in [-0.25, -0.2) is 0 Å². The second-order valence-corrected chi connectivity index (χ2v) is 5.08. The highest BCUT2D eigenvalue weighted by atomic mass is 16.5. The van der Waals surface area contributed by atoms with Crippen molar-refractivity contribution in [2.75, 3.05) is 7.11 Å². The Balaban J connectivity index is 2.57. The predicted molar refractivity (Wildman–Crippen MR) is 58.9 cm³/mol. The molecule has 0 radical (unpaired) electrons. The van der Waals surface area contributed by atoms with E-state index in [0.717, 1.165) is 0 Å². The summed E-state index contributed by atoms with van der Waals surface area (Å²) in [4.78, 5) is 11.4. The van der Waals surface area contributed by atoms with Crippen LogP contribution in [0.3, 0.4) is 0 Å². The first-order chi connectivity index (χ1) is 7.31. The Morgan fingerprint density at radius 3 is 2.62 bits per heavy atom. The molecule has 3 N–H and O–H groups in total. The number of ether oxygens (including phenoxy) is 1. The molecule has 0 spiro atoms. The van der Waals surface area contributed by atoms with Crippen molar-refractivity contribution in [3.63, 3.8) is 0 Å². The van der Waals surface area contributed by atoms with Crippen LogP contribution in [0.25, 0.3) is 0 Å². The number of esters is 1. The number of rotatable bonds is 3. The van der Waals surface area contributed by atoms with Crippen molar-refractivity contribution in [2.45, 2.75) is 56.9 Å². The maximum absolute atomic E-state index is 11.4. The van der Waals surface area contributed by atoms with Crippen LogP contribution in [0.1, 0.15) is 33.1 Å². The first kappa shape index (κ1) is 13.4. The fraction of sp³-hybridized carbons (Fsp3) is 0.909. The van der Waals surface area contributed by atoms with Crippen LogP contribution in [0.5, 0.6) is 0 Å². The molecule has 16 heavy (non-hydrogen) atoms. The zero-order valence-corrected chi connectivity index (χ0v) is 10.1. The lowest BCUT2D eigenvalue weighted by Gasteiger charge is -2.35. The summed E-state index contributed by atoms with van der Waals surface area (Å²) in [6.07, 6.45) is 0.905. The second kappa shape index (κ2) is 5.12. The minimum atomic E-state index is -0.810. The van der Waals surface area contributed by atoms with Crippen LogP contribution < -0.4 is 5.32 Å². The number of piperidine rings is 1. The van der Waals surface area contributed by atoms with Gasteiger partial charge in [-0.15, -0.1) is 0 Å². The van der Waals surface area contributed by atoms with Crippen LogP contribution in [-0.2, 0) is 9.53 Å². The van der Waals surface area contributed by atoms with E-state index in [9.17, 15) is 15.0 Å². The topological polar surface area (TPSA) is 78.8 Å². The molecule has 1 rings (SSSR count). The van der Waals surface area contributed by atoms with Crippen LogP contribution in [0, 0.1) is 0 Å². The highest BCUT2D eigenvalue weighted by Gasteiger charge is 2.34. The average Bonchev–Trinajstić information content (AvgIpc) is 2.12. The van der Waals surface area contributed by atoms with Gasteiger partial charge in [0.15, 0.2) is 0 Å². The fourth-order valence-electron chi connectivity index (χ4n) is 2.17. The molecule has 0 bridgehead atoms. The Morgan fingerprint density at radius 2 is 2.12 bits per heavy atom. The highest BCUT2D eigenvalue weighted by molar-refractivity contribution is 5.75. The van der Waals surface area contributed by atoms with Crippen LogP contribution in [-0.4, -0.2) is 47.1 Å². The summed E-state index contributed by atoms with van der Waals surface area (Å²) in [5.41, 5.74) is -0.810. The molecule has 5 nitrogen and oxygen atoms in total. The first-order valence-electron chi connectivity index (χ1n) is 5.56. The average molecular weight is 231 g/mol. The van der Waals surface area contributed by atoms with Gasteiger partial charge in [0.05, 0.1) is 18.8 Å². The molecule has 0 aromatic carbocycles. The van der Waals surface area contributed by atoms with E-state index in [-0.39, 0.29) is 12.0 Å². The molecule has 1 aliphatic rings. The number of hydrogen-bond acceptors (Lipinski definition) is 5. The third-order valence-corrected chi connectivity index (χ3v) is 2.73. The molecule has 1 saturated heterocycles. The van der Waals surface area contributed by atoms with E-state index in [2.05, 4.69) is 10.1 Å². The summed E-state index contributed by atoms with van der Waals surface area (Å²) in [7, 11) is 1.33. The SMILES string of the molecule is COC(=O)C1CC(O)CC(CC(C)(C)O)N1. The van der Waals surface area contributed by atoms with Crippen molar-refractivity contribution in [3.05, 3.63) is 0 Å². The Kier molecular flexibility index (Phi) is 4.29. The Labute approximate surface area is 95.8 Å². The van der Waals surface area contributed by atoms with Gasteiger partial charge in [-0.2, -0.15) is 0 Å². The summed E-state index contributed by atoms with van der Waals surface area (Å²) in [5.74, 6) is -0.362. The zero-order valence-electron chi connectivity index (χ0n) is 10.1.